The Hall–Kier alpha value is -2.21. The molecule has 0 saturated heterocycles. The SMILES string of the molecule is O=C(NCc1cccc(Br)c1)n1nnc2ccccc21. The number of carbonyl (C=O) groups is 1. The fourth-order valence-electron chi connectivity index (χ4n) is 1.92. The average Bonchev–Trinajstić information content (AvgIpc) is 2.89. The summed E-state index contributed by atoms with van der Waals surface area (Å²) in [6, 6.07) is 14.8. The fraction of sp³-hybridized carbons (Fsp3) is 0.0714. The van der Waals surface area contributed by atoms with Gasteiger partial charge in [-0.1, -0.05) is 45.4 Å². The second-order valence-corrected chi connectivity index (χ2v) is 5.19. The number of amides is 1. The van der Waals surface area contributed by atoms with Crippen molar-refractivity contribution in [3.63, 3.8) is 0 Å². The monoisotopic (exact) mass is 330 g/mol. The molecule has 0 fully saturated rings. The lowest BCUT2D eigenvalue weighted by Crippen LogP contribution is -2.28. The molecule has 0 aliphatic rings. The molecule has 1 heterocycles. The maximum Gasteiger partial charge on any atom is 0.344 e. The Labute approximate surface area is 123 Å². The van der Waals surface area contributed by atoms with Crippen LogP contribution in [0.4, 0.5) is 4.79 Å². The van der Waals surface area contributed by atoms with E-state index in [0.29, 0.717) is 17.6 Å². The van der Waals surface area contributed by atoms with E-state index in [1.165, 1.54) is 4.68 Å². The van der Waals surface area contributed by atoms with Gasteiger partial charge in [0.1, 0.15) is 5.52 Å². The van der Waals surface area contributed by atoms with Gasteiger partial charge in [0, 0.05) is 11.0 Å². The number of hydrogen-bond donors (Lipinski definition) is 1. The molecule has 100 valence electrons. The Morgan fingerprint density at radius 2 is 2.05 bits per heavy atom. The molecule has 3 aromatic rings. The summed E-state index contributed by atoms with van der Waals surface area (Å²) in [5.74, 6) is 0. The van der Waals surface area contributed by atoms with Gasteiger partial charge in [0.15, 0.2) is 0 Å². The van der Waals surface area contributed by atoms with Crippen molar-refractivity contribution < 1.29 is 4.79 Å². The van der Waals surface area contributed by atoms with Gasteiger partial charge in [0.2, 0.25) is 0 Å². The maximum absolute atomic E-state index is 12.1. The van der Waals surface area contributed by atoms with E-state index in [1.807, 2.05) is 48.5 Å². The molecular formula is C14H11BrN4O. The Balaban J connectivity index is 1.76. The average molecular weight is 331 g/mol. The van der Waals surface area contributed by atoms with Crippen molar-refractivity contribution in [2.24, 2.45) is 0 Å². The van der Waals surface area contributed by atoms with E-state index in [9.17, 15) is 4.79 Å². The van der Waals surface area contributed by atoms with Crippen LogP contribution < -0.4 is 5.32 Å². The molecule has 0 atom stereocenters. The summed E-state index contributed by atoms with van der Waals surface area (Å²) < 4.78 is 2.25. The summed E-state index contributed by atoms with van der Waals surface area (Å²) in [4.78, 5) is 12.1. The quantitative estimate of drug-likeness (QED) is 0.785. The van der Waals surface area contributed by atoms with Gasteiger partial charge in [-0.25, -0.2) is 4.79 Å². The molecule has 20 heavy (non-hydrogen) atoms. The van der Waals surface area contributed by atoms with Crippen LogP contribution in [0.25, 0.3) is 11.0 Å². The predicted octanol–water partition coefficient (Wildman–Crippen LogP) is 2.95. The lowest BCUT2D eigenvalue weighted by molar-refractivity contribution is 0.239. The molecule has 1 N–H and O–H groups in total. The zero-order chi connectivity index (χ0) is 13.9. The Morgan fingerprint density at radius 1 is 1.20 bits per heavy atom. The number of nitrogens with one attached hydrogen (secondary N) is 1. The summed E-state index contributed by atoms with van der Waals surface area (Å²) in [6.45, 7) is 0.437. The lowest BCUT2D eigenvalue weighted by atomic mass is 10.2. The Morgan fingerprint density at radius 3 is 2.90 bits per heavy atom. The van der Waals surface area contributed by atoms with Crippen molar-refractivity contribution in [2.75, 3.05) is 0 Å². The predicted molar refractivity (Wildman–Crippen MR) is 79.3 cm³/mol. The first-order chi connectivity index (χ1) is 9.74. The van der Waals surface area contributed by atoms with Crippen LogP contribution in [0.1, 0.15) is 5.56 Å². The van der Waals surface area contributed by atoms with Gasteiger partial charge in [-0.2, -0.15) is 4.68 Å². The summed E-state index contributed by atoms with van der Waals surface area (Å²) >= 11 is 3.40. The number of carbonyl (C=O) groups excluding carboxylic acids is 1. The first-order valence-corrected chi connectivity index (χ1v) is 6.86. The van der Waals surface area contributed by atoms with Gasteiger partial charge < -0.3 is 5.32 Å². The molecule has 0 aliphatic heterocycles. The molecule has 5 nitrogen and oxygen atoms in total. The summed E-state index contributed by atoms with van der Waals surface area (Å²) in [5, 5.41) is 10.6. The molecule has 1 amide bonds. The summed E-state index contributed by atoms with van der Waals surface area (Å²) in [5.41, 5.74) is 2.40. The topological polar surface area (TPSA) is 59.8 Å². The molecule has 0 spiro atoms. The van der Waals surface area contributed by atoms with Crippen molar-refractivity contribution in [3.8, 4) is 0 Å². The zero-order valence-corrected chi connectivity index (χ0v) is 12.0. The summed E-state index contributed by atoms with van der Waals surface area (Å²) in [6.07, 6.45) is 0. The van der Waals surface area contributed by atoms with Crippen molar-refractivity contribution in [2.45, 2.75) is 6.54 Å². The number of benzene rings is 2. The van der Waals surface area contributed by atoms with Gasteiger partial charge in [-0.15, -0.1) is 5.10 Å². The van der Waals surface area contributed by atoms with E-state index >= 15 is 0 Å². The van der Waals surface area contributed by atoms with Crippen LogP contribution in [-0.2, 0) is 6.54 Å². The van der Waals surface area contributed by atoms with Crippen LogP contribution in [-0.4, -0.2) is 21.0 Å². The summed E-state index contributed by atoms with van der Waals surface area (Å²) in [7, 11) is 0. The number of hydrogen-bond acceptors (Lipinski definition) is 3. The minimum Gasteiger partial charge on any atom is -0.332 e. The molecule has 0 unspecified atom stereocenters. The normalized spacial score (nSPS) is 10.7. The van der Waals surface area contributed by atoms with E-state index in [-0.39, 0.29) is 6.03 Å². The van der Waals surface area contributed by atoms with Crippen LogP contribution in [0.2, 0.25) is 0 Å². The number of nitrogens with zero attached hydrogens (tertiary/aromatic N) is 3. The minimum absolute atomic E-state index is 0.293. The van der Waals surface area contributed by atoms with E-state index < -0.39 is 0 Å². The molecule has 6 heteroatoms. The van der Waals surface area contributed by atoms with Gasteiger partial charge >= 0.3 is 6.03 Å². The first-order valence-electron chi connectivity index (χ1n) is 6.07. The lowest BCUT2D eigenvalue weighted by Gasteiger charge is -2.05. The van der Waals surface area contributed by atoms with E-state index in [2.05, 4.69) is 31.6 Å². The van der Waals surface area contributed by atoms with Crippen molar-refractivity contribution >= 4 is 33.0 Å². The largest absolute Gasteiger partial charge is 0.344 e. The molecule has 0 saturated carbocycles. The number of fused-ring (bicyclic) bond motifs is 1. The maximum atomic E-state index is 12.1. The van der Waals surface area contributed by atoms with Crippen molar-refractivity contribution in [1.82, 2.24) is 20.3 Å². The van der Waals surface area contributed by atoms with Crippen LogP contribution >= 0.6 is 15.9 Å². The van der Waals surface area contributed by atoms with E-state index in [0.717, 1.165) is 10.0 Å². The molecule has 0 radical (unpaired) electrons. The number of aromatic nitrogens is 3. The number of rotatable bonds is 2. The molecule has 1 aromatic heterocycles. The van der Waals surface area contributed by atoms with Crippen LogP contribution in [0, 0.1) is 0 Å². The molecule has 2 aromatic carbocycles. The highest BCUT2D eigenvalue weighted by Crippen LogP contribution is 2.12. The van der Waals surface area contributed by atoms with Crippen LogP contribution in [0.3, 0.4) is 0 Å². The minimum atomic E-state index is -0.293. The molecule has 3 rings (SSSR count). The van der Waals surface area contributed by atoms with Gasteiger partial charge in [-0.05, 0) is 29.8 Å². The standard InChI is InChI=1S/C14H11BrN4O/c15-11-5-3-4-10(8-11)9-16-14(20)19-13-7-2-1-6-12(13)17-18-19/h1-8H,9H2,(H,16,20). The second kappa shape index (κ2) is 5.42. The van der Waals surface area contributed by atoms with Crippen LogP contribution in [0.5, 0.6) is 0 Å². The molecule has 0 bridgehead atoms. The van der Waals surface area contributed by atoms with Gasteiger partial charge in [-0.3, -0.25) is 0 Å². The number of halogens is 1. The van der Waals surface area contributed by atoms with E-state index in [4.69, 9.17) is 0 Å². The number of para-hydroxylation sites is 1. The third-order valence-electron chi connectivity index (χ3n) is 2.88. The first kappa shape index (κ1) is 12.8. The van der Waals surface area contributed by atoms with Crippen molar-refractivity contribution in [3.05, 3.63) is 58.6 Å². The zero-order valence-electron chi connectivity index (χ0n) is 10.5. The third kappa shape index (κ3) is 2.55. The highest BCUT2D eigenvalue weighted by Gasteiger charge is 2.10. The van der Waals surface area contributed by atoms with E-state index in [1.54, 1.807) is 0 Å². The fourth-order valence-corrected chi connectivity index (χ4v) is 2.37. The Bertz CT molecular complexity index is 768. The van der Waals surface area contributed by atoms with Gasteiger partial charge in [0.05, 0.1) is 5.52 Å². The molecule has 0 aliphatic carbocycles. The smallest absolute Gasteiger partial charge is 0.332 e. The second-order valence-electron chi connectivity index (χ2n) is 4.28. The van der Waals surface area contributed by atoms with Crippen LogP contribution in [0.15, 0.2) is 53.0 Å². The Kier molecular flexibility index (Phi) is 3.47. The van der Waals surface area contributed by atoms with Crippen molar-refractivity contribution in [1.29, 1.82) is 0 Å². The third-order valence-corrected chi connectivity index (χ3v) is 3.37. The highest BCUT2D eigenvalue weighted by atomic mass is 79.9. The molecular weight excluding hydrogens is 320 g/mol. The highest BCUT2D eigenvalue weighted by molar-refractivity contribution is 9.10. The van der Waals surface area contributed by atoms with Gasteiger partial charge in [0.25, 0.3) is 0 Å².